The van der Waals surface area contributed by atoms with Crippen LogP contribution in [0.15, 0.2) is 36.5 Å². The van der Waals surface area contributed by atoms with Crippen molar-refractivity contribution in [2.24, 2.45) is 0 Å². The van der Waals surface area contributed by atoms with Gasteiger partial charge in [-0.1, -0.05) is 12.1 Å². The van der Waals surface area contributed by atoms with Gasteiger partial charge in [0.15, 0.2) is 11.6 Å². The standard InChI is InChI=1S/C14H12F2N2O2/c1-2-18(11-6-4-3-5-10(11)15)13-12(16)9(14(19)20)7-8-17-13/h3-8H,2H2,1H3,(H,19,20). The highest BCUT2D eigenvalue weighted by Crippen LogP contribution is 2.29. The highest BCUT2D eigenvalue weighted by molar-refractivity contribution is 5.89. The molecule has 0 bridgehead atoms. The molecule has 0 atom stereocenters. The number of rotatable bonds is 4. The summed E-state index contributed by atoms with van der Waals surface area (Å²) in [5.74, 6) is -3.12. The fraction of sp³-hybridized carbons (Fsp3) is 0.143. The van der Waals surface area contributed by atoms with Gasteiger partial charge in [-0.05, 0) is 25.1 Å². The monoisotopic (exact) mass is 278 g/mol. The summed E-state index contributed by atoms with van der Waals surface area (Å²) < 4.78 is 28.0. The average Bonchev–Trinajstić information content (AvgIpc) is 2.43. The van der Waals surface area contributed by atoms with Crippen LogP contribution in [0.3, 0.4) is 0 Å². The van der Waals surface area contributed by atoms with Gasteiger partial charge >= 0.3 is 5.97 Å². The Morgan fingerprint density at radius 3 is 2.60 bits per heavy atom. The van der Waals surface area contributed by atoms with Crippen molar-refractivity contribution >= 4 is 17.5 Å². The minimum Gasteiger partial charge on any atom is -0.478 e. The molecule has 1 N–H and O–H groups in total. The molecular weight excluding hydrogens is 266 g/mol. The topological polar surface area (TPSA) is 53.4 Å². The molecule has 104 valence electrons. The van der Waals surface area contributed by atoms with E-state index in [4.69, 9.17) is 5.11 Å². The lowest BCUT2D eigenvalue weighted by Crippen LogP contribution is -2.21. The Morgan fingerprint density at radius 2 is 2.00 bits per heavy atom. The number of carboxylic acid groups (broad SMARTS) is 1. The first kappa shape index (κ1) is 13.9. The second kappa shape index (κ2) is 5.64. The van der Waals surface area contributed by atoms with E-state index in [2.05, 4.69) is 4.98 Å². The van der Waals surface area contributed by atoms with E-state index in [9.17, 15) is 13.6 Å². The smallest absolute Gasteiger partial charge is 0.338 e. The summed E-state index contributed by atoms with van der Waals surface area (Å²) in [7, 11) is 0. The van der Waals surface area contributed by atoms with E-state index in [0.29, 0.717) is 0 Å². The number of hydrogen-bond acceptors (Lipinski definition) is 3. The summed E-state index contributed by atoms with van der Waals surface area (Å²) in [6.07, 6.45) is 1.19. The van der Waals surface area contributed by atoms with Crippen LogP contribution in [0.4, 0.5) is 20.3 Å². The molecule has 2 aromatic rings. The van der Waals surface area contributed by atoms with Gasteiger partial charge in [0.1, 0.15) is 11.4 Å². The van der Waals surface area contributed by atoms with Crippen LogP contribution in [-0.2, 0) is 0 Å². The summed E-state index contributed by atoms with van der Waals surface area (Å²) in [6.45, 7) is 1.94. The van der Waals surface area contributed by atoms with Crippen LogP contribution in [0.25, 0.3) is 0 Å². The first-order valence-corrected chi connectivity index (χ1v) is 5.96. The van der Waals surface area contributed by atoms with Crippen LogP contribution in [0.1, 0.15) is 17.3 Å². The number of aromatic nitrogens is 1. The molecule has 0 amide bonds. The fourth-order valence-corrected chi connectivity index (χ4v) is 1.89. The number of aromatic carboxylic acids is 1. The first-order valence-electron chi connectivity index (χ1n) is 5.96. The number of nitrogens with zero attached hydrogens (tertiary/aromatic N) is 2. The average molecular weight is 278 g/mol. The summed E-state index contributed by atoms with van der Waals surface area (Å²) in [6, 6.07) is 6.92. The molecule has 0 saturated carbocycles. The van der Waals surface area contributed by atoms with Gasteiger partial charge in [-0.2, -0.15) is 0 Å². The van der Waals surface area contributed by atoms with Gasteiger partial charge < -0.3 is 10.0 Å². The van der Waals surface area contributed by atoms with E-state index < -0.39 is 23.2 Å². The lowest BCUT2D eigenvalue weighted by Gasteiger charge is -2.23. The van der Waals surface area contributed by atoms with Crippen LogP contribution >= 0.6 is 0 Å². The number of benzene rings is 1. The molecular formula is C14H12F2N2O2. The molecule has 4 nitrogen and oxygen atoms in total. The Kier molecular flexibility index (Phi) is 3.93. The van der Waals surface area contributed by atoms with E-state index in [-0.39, 0.29) is 18.1 Å². The zero-order valence-electron chi connectivity index (χ0n) is 10.7. The number of hydrogen-bond donors (Lipinski definition) is 1. The number of para-hydroxylation sites is 1. The van der Waals surface area contributed by atoms with E-state index in [1.165, 1.54) is 29.3 Å². The van der Waals surface area contributed by atoms with Gasteiger partial charge in [0.05, 0.1) is 5.69 Å². The predicted molar refractivity (Wildman–Crippen MR) is 70.2 cm³/mol. The number of carbonyl (C=O) groups is 1. The first-order chi connectivity index (χ1) is 9.56. The molecule has 0 unspecified atom stereocenters. The number of pyridine rings is 1. The van der Waals surface area contributed by atoms with Crippen molar-refractivity contribution < 1.29 is 18.7 Å². The molecule has 20 heavy (non-hydrogen) atoms. The maximum absolute atomic E-state index is 14.2. The van der Waals surface area contributed by atoms with Crippen molar-refractivity contribution in [3.8, 4) is 0 Å². The summed E-state index contributed by atoms with van der Waals surface area (Å²) in [5.41, 5.74) is -0.353. The minimum atomic E-state index is -1.39. The summed E-state index contributed by atoms with van der Waals surface area (Å²) in [4.78, 5) is 16.0. The largest absolute Gasteiger partial charge is 0.478 e. The number of anilines is 2. The lowest BCUT2D eigenvalue weighted by atomic mass is 10.2. The summed E-state index contributed by atoms with van der Waals surface area (Å²) >= 11 is 0. The van der Waals surface area contributed by atoms with Crippen LogP contribution in [-0.4, -0.2) is 22.6 Å². The third-order valence-corrected chi connectivity index (χ3v) is 2.82. The Balaban J connectivity index is 2.56. The maximum atomic E-state index is 14.2. The summed E-state index contributed by atoms with van der Waals surface area (Å²) in [5, 5.41) is 8.91. The van der Waals surface area contributed by atoms with Gasteiger partial charge in [0.2, 0.25) is 0 Å². The van der Waals surface area contributed by atoms with Crippen molar-refractivity contribution in [2.45, 2.75) is 6.92 Å². The van der Waals surface area contributed by atoms with Crippen LogP contribution in [0.2, 0.25) is 0 Å². The number of carboxylic acids is 1. The minimum absolute atomic E-state index is 0.143. The normalized spacial score (nSPS) is 10.3. The third kappa shape index (κ3) is 2.45. The lowest BCUT2D eigenvalue weighted by molar-refractivity contribution is 0.0692. The Morgan fingerprint density at radius 1 is 1.30 bits per heavy atom. The second-order valence-electron chi connectivity index (χ2n) is 4.00. The predicted octanol–water partition coefficient (Wildman–Crippen LogP) is 3.22. The molecule has 1 aromatic heterocycles. The zero-order chi connectivity index (χ0) is 14.7. The SMILES string of the molecule is CCN(c1ccccc1F)c1nccc(C(=O)O)c1F. The van der Waals surface area contributed by atoms with E-state index in [1.54, 1.807) is 13.0 Å². The Labute approximate surface area is 114 Å². The fourth-order valence-electron chi connectivity index (χ4n) is 1.89. The Bertz CT molecular complexity index is 647. The van der Waals surface area contributed by atoms with Gasteiger partial charge in [-0.25, -0.2) is 18.6 Å². The molecule has 1 aromatic carbocycles. The molecule has 0 saturated heterocycles. The third-order valence-electron chi connectivity index (χ3n) is 2.82. The zero-order valence-corrected chi connectivity index (χ0v) is 10.7. The molecule has 2 rings (SSSR count). The van der Waals surface area contributed by atoms with Crippen molar-refractivity contribution in [1.82, 2.24) is 4.98 Å². The quantitative estimate of drug-likeness (QED) is 0.933. The molecule has 0 aliphatic carbocycles. The highest BCUT2D eigenvalue weighted by Gasteiger charge is 2.21. The van der Waals surface area contributed by atoms with E-state index in [0.717, 1.165) is 6.07 Å². The van der Waals surface area contributed by atoms with Gasteiger partial charge in [0, 0.05) is 12.7 Å². The van der Waals surface area contributed by atoms with Crippen molar-refractivity contribution in [3.63, 3.8) is 0 Å². The highest BCUT2D eigenvalue weighted by atomic mass is 19.1. The van der Waals surface area contributed by atoms with Crippen molar-refractivity contribution in [1.29, 1.82) is 0 Å². The van der Waals surface area contributed by atoms with Crippen LogP contribution in [0, 0.1) is 11.6 Å². The second-order valence-corrected chi connectivity index (χ2v) is 4.00. The molecule has 0 aliphatic heterocycles. The maximum Gasteiger partial charge on any atom is 0.338 e. The molecule has 0 fully saturated rings. The van der Waals surface area contributed by atoms with Crippen molar-refractivity contribution in [2.75, 3.05) is 11.4 Å². The Hall–Kier alpha value is -2.50. The van der Waals surface area contributed by atoms with Gasteiger partial charge in [-0.15, -0.1) is 0 Å². The molecule has 0 radical (unpaired) electrons. The molecule has 1 heterocycles. The van der Waals surface area contributed by atoms with Gasteiger partial charge in [-0.3, -0.25) is 0 Å². The molecule has 6 heteroatoms. The van der Waals surface area contributed by atoms with E-state index >= 15 is 0 Å². The molecule has 0 aliphatic rings. The van der Waals surface area contributed by atoms with Crippen LogP contribution in [0.5, 0.6) is 0 Å². The van der Waals surface area contributed by atoms with Crippen LogP contribution < -0.4 is 4.90 Å². The number of halogens is 2. The van der Waals surface area contributed by atoms with Gasteiger partial charge in [0.25, 0.3) is 0 Å². The van der Waals surface area contributed by atoms with Crippen molar-refractivity contribution in [3.05, 3.63) is 53.7 Å². The van der Waals surface area contributed by atoms with E-state index in [1.807, 2.05) is 0 Å². The molecule has 0 spiro atoms.